The van der Waals surface area contributed by atoms with Gasteiger partial charge in [0.2, 0.25) is 0 Å². The van der Waals surface area contributed by atoms with E-state index in [1.807, 2.05) is 0 Å². The molecule has 0 fully saturated rings. The first-order chi connectivity index (χ1) is 11.3. The van der Waals surface area contributed by atoms with Crippen molar-refractivity contribution in [3.8, 4) is 0 Å². The summed E-state index contributed by atoms with van der Waals surface area (Å²) in [6, 6.07) is 0. The van der Waals surface area contributed by atoms with Crippen LogP contribution in [-0.2, 0) is 27.2 Å². The molecule has 0 bridgehead atoms. The Balaban J connectivity index is 0. The van der Waals surface area contributed by atoms with Crippen LogP contribution >= 0.6 is 11.8 Å². The standard InChI is InChI=1S/C20H40O2S.Ag/c1-2-3-4-5-6-7-8-9-10-11-12-13-14-15-16-17-18-23-19-20(21)22;/h2-19H2,1H3,(H,21,22);/q;+1/p-1. The van der Waals surface area contributed by atoms with Crippen LogP contribution in [0.3, 0.4) is 0 Å². The molecule has 0 aliphatic rings. The van der Waals surface area contributed by atoms with Gasteiger partial charge >= 0.3 is 22.4 Å². The molecule has 0 saturated carbocycles. The van der Waals surface area contributed by atoms with E-state index in [0.29, 0.717) is 0 Å². The van der Waals surface area contributed by atoms with Gasteiger partial charge in [-0.1, -0.05) is 103 Å². The zero-order valence-electron chi connectivity index (χ0n) is 15.8. The van der Waals surface area contributed by atoms with Gasteiger partial charge in [-0.25, -0.2) is 0 Å². The second-order valence-corrected chi connectivity index (χ2v) is 7.83. The molecule has 0 unspecified atom stereocenters. The Bertz CT molecular complexity index is 250. The molecule has 0 saturated heterocycles. The van der Waals surface area contributed by atoms with Crippen molar-refractivity contribution in [2.45, 2.75) is 110 Å². The molecule has 0 N–H and O–H groups in total. The molecule has 24 heavy (non-hydrogen) atoms. The molecule has 0 aliphatic carbocycles. The maximum Gasteiger partial charge on any atom is 1.00 e. The Hall–Kier alpha value is 0.560. The molecule has 0 radical (unpaired) electrons. The molecule has 0 amide bonds. The normalized spacial score (nSPS) is 10.5. The van der Waals surface area contributed by atoms with E-state index in [9.17, 15) is 9.90 Å². The van der Waals surface area contributed by atoms with E-state index >= 15 is 0 Å². The molecule has 0 heterocycles. The molecule has 0 aromatic carbocycles. The Morgan fingerprint density at radius 3 is 1.33 bits per heavy atom. The summed E-state index contributed by atoms with van der Waals surface area (Å²) in [6.45, 7) is 2.28. The minimum atomic E-state index is -0.938. The van der Waals surface area contributed by atoms with E-state index in [2.05, 4.69) is 6.92 Å². The number of carbonyl (C=O) groups is 1. The van der Waals surface area contributed by atoms with Crippen LogP contribution in [0, 0.1) is 0 Å². The molecule has 0 aromatic rings. The third-order valence-corrected chi connectivity index (χ3v) is 5.38. The maximum atomic E-state index is 10.2. The van der Waals surface area contributed by atoms with Crippen LogP contribution in [0.4, 0.5) is 0 Å². The van der Waals surface area contributed by atoms with Crippen molar-refractivity contribution in [1.82, 2.24) is 0 Å². The predicted octanol–water partition coefficient (Wildman–Crippen LogP) is 5.73. The summed E-state index contributed by atoms with van der Waals surface area (Å²) in [5.41, 5.74) is 0. The molecule has 2 nitrogen and oxygen atoms in total. The Morgan fingerprint density at radius 2 is 1.00 bits per heavy atom. The first kappa shape index (κ1) is 26.8. The minimum Gasteiger partial charge on any atom is -0.549 e. The third kappa shape index (κ3) is 24.8. The average Bonchev–Trinajstić information content (AvgIpc) is 2.53. The number of carboxylic acid groups (broad SMARTS) is 1. The van der Waals surface area contributed by atoms with Crippen molar-refractivity contribution in [2.75, 3.05) is 11.5 Å². The smallest absolute Gasteiger partial charge is 0.549 e. The summed E-state index contributed by atoms with van der Waals surface area (Å²) in [5.74, 6) is 0.178. The van der Waals surface area contributed by atoms with Gasteiger partial charge < -0.3 is 9.90 Å². The number of aliphatic carboxylic acids is 1. The average molecular weight is 451 g/mol. The van der Waals surface area contributed by atoms with Crippen LogP contribution in [0.15, 0.2) is 0 Å². The molecule has 0 atom stereocenters. The third-order valence-electron chi connectivity index (χ3n) is 4.36. The van der Waals surface area contributed by atoms with Gasteiger partial charge in [-0.3, -0.25) is 0 Å². The Labute approximate surface area is 170 Å². The summed E-state index contributed by atoms with van der Waals surface area (Å²) in [7, 11) is 0. The molecule has 148 valence electrons. The number of carbonyl (C=O) groups excluding carboxylic acids is 1. The van der Waals surface area contributed by atoms with Crippen LogP contribution < -0.4 is 5.11 Å². The number of thioether (sulfide) groups is 1. The molecule has 0 rings (SSSR count). The maximum absolute atomic E-state index is 10.2. The van der Waals surface area contributed by atoms with Gasteiger partial charge in [-0.15, -0.1) is 0 Å². The predicted molar refractivity (Wildman–Crippen MR) is 102 cm³/mol. The van der Waals surface area contributed by atoms with Crippen LogP contribution in [0.2, 0.25) is 0 Å². The van der Waals surface area contributed by atoms with Crippen molar-refractivity contribution >= 4 is 17.7 Å². The van der Waals surface area contributed by atoms with E-state index in [0.717, 1.165) is 12.2 Å². The fourth-order valence-corrected chi connectivity index (χ4v) is 3.63. The Morgan fingerprint density at radius 1 is 0.667 bits per heavy atom. The van der Waals surface area contributed by atoms with Gasteiger partial charge in [0.1, 0.15) is 0 Å². The van der Waals surface area contributed by atoms with Crippen molar-refractivity contribution in [1.29, 1.82) is 0 Å². The number of unbranched alkanes of at least 4 members (excludes halogenated alkanes) is 15. The largest absolute Gasteiger partial charge is 1.00 e. The van der Waals surface area contributed by atoms with Crippen molar-refractivity contribution in [3.05, 3.63) is 0 Å². The number of hydrogen-bond acceptors (Lipinski definition) is 3. The number of rotatable bonds is 19. The molecule has 0 spiro atoms. The molecule has 0 aromatic heterocycles. The van der Waals surface area contributed by atoms with Crippen LogP contribution in [0.25, 0.3) is 0 Å². The summed E-state index contributed by atoms with van der Waals surface area (Å²) < 4.78 is 0. The SMILES string of the molecule is CCCCCCCCCCCCCCCCCCSCC(=O)[O-].[Ag+]. The van der Waals surface area contributed by atoms with E-state index < -0.39 is 5.97 Å². The quantitative estimate of drug-likeness (QED) is 0.186. The van der Waals surface area contributed by atoms with E-state index in [-0.39, 0.29) is 28.1 Å². The van der Waals surface area contributed by atoms with Gasteiger partial charge in [-0.2, -0.15) is 11.8 Å². The fraction of sp³-hybridized carbons (Fsp3) is 0.950. The van der Waals surface area contributed by atoms with Gasteiger partial charge in [0.05, 0.1) is 5.97 Å². The van der Waals surface area contributed by atoms with Crippen LogP contribution in [-0.4, -0.2) is 17.5 Å². The van der Waals surface area contributed by atoms with Gasteiger partial charge in [0.25, 0.3) is 0 Å². The van der Waals surface area contributed by atoms with E-state index in [1.165, 1.54) is 108 Å². The van der Waals surface area contributed by atoms with Crippen molar-refractivity contribution in [2.24, 2.45) is 0 Å². The molecule has 0 aliphatic heterocycles. The first-order valence-corrected chi connectivity index (χ1v) is 11.2. The summed E-state index contributed by atoms with van der Waals surface area (Å²) >= 11 is 1.49. The number of carboxylic acids is 1. The zero-order chi connectivity index (χ0) is 17.0. The van der Waals surface area contributed by atoms with Crippen LogP contribution in [0.5, 0.6) is 0 Å². The summed E-state index contributed by atoms with van der Waals surface area (Å²) in [4.78, 5) is 10.2. The van der Waals surface area contributed by atoms with Gasteiger partial charge in [0.15, 0.2) is 0 Å². The fourth-order valence-electron chi connectivity index (χ4n) is 2.91. The topological polar surface area (TPSA) is 40.1 Å². The molecular formula is C20H39AgO2S. The second kappa shape index (κ2) is 23.6. The van der Waals surface area contributed by atoms with Crippen molar-refractivity contribution < 1.29 is 32.3 Å². The van der Waals surface area contributed by atoms with E-state index in [4.69, 9.17) is 0 Å². The number of hydrogen-bond donors (Lipinski definition) is 0. The summed E-state index contributed by atoms with van der Waals surface area (Å²) in [6.07, 6.45) is 22.1. The monoisotopic (exact) mass is 450 g/mol. The molecular weight excluding hydrogens is 412 g/mol. The van der Waals surface area contributed by atoms with E-state index in [1.54, 1.807) is 0 Å². The van der Waals surface area contributed by atoms with Crippen LogP contribution in [0.1, 0.15) is 110 Å². The molecule has 4 heteroatoms. The Kier molecular flexibility index (Phi) is 26.3. The first-order valence-electron chi connectivity index (χ1n) is 10.0. The minimum absolute atomic E-state index is 0. The van der Waals surface area contributed by atoms with Gasteiger partial charge in [0, 0.05) is 5.75 Å². The van der Waals surface area contributed by atoms with Crippen molar-refractivity contribution in [3.63, 3.8) is 0 Å². The summed E-state index contributed by atoms with van der Waals surface area (Å²) in [5, 5.41) is 10.2. The van der Waals surface area contributed by atoms with Gasteiger partial charge in [-0.05, 0) is 12.2 Å². The second-order valence-electron chi connectivity index (χ2n) is 6.73. The zero-order valence-corrected chi connectivity index (χ0v) is 18.1.